The van der Waals surface area contributed by atoms with Crippen molar-refractivity contribution in [3.05, 3.63) is 35.4 Å². The third-order valence-corrected chi connectivity index (χ3v) is 4.03. The Kier molecular flexibility index (Phi) is 5.09. The molecule has 5 nitrogen and oxygen atoms in total. The molecule has 2 rings (SSSR count). The lowest BCUT2D eigenvalue weighted by molar-refractivity contribution is -0.134. The molecule has 0 aromatic heterocycles. The standard InChI is InChI=1S/C16H22N2O3/c1-11-2-4-12(5-3-11)15(20)13-6-8-18(9-7-13)16(21)14(17)10-19/h2-5,13-14,19H,6-10,17H2,1H3/t14-/m1/s1. The summed E-state index contributed by atoms with van der Waals surface area (Å²) in [6.45, 7) is 2.69. The zero-order valence-corrected chi connectivity index (χ0v) is 12.3. The minimum Gasteiger partial charge on any atom is -0.394 e. The molecule has 0 spiro atoms. The summed E-state index contributed by atoms with van der Waals surface area (Å²) < 4.78 is 0. The highest BCUT2D eigenvalue weighted by Gasteiger charge is 2.29. The molecule has 1 atom stereocenters. The number of nitrogens with zero attached hydrogens (tertiary/aromatic N) is 1. The molecule has 21 heavy (non-hydrogen) atoms. The lowest BCUT2D eigenvalue weighted by atomic mass is 9.88. The Labute approximate surface area is 124 Å². The Morgan fingerprint density at radius 2 is 1.86 bits per heavy atom. The number of aliphatic hydroxyl groups is 1. The minimum absolute atomic E-state index is 0.0397. The van der Waals surface area contributed by atoms with Crippen LogP contribution in [0.15, 0.2) is 24.3 Å². The summed E-state index contributed by atoms with van der Waals surface area (Å²) in [7, 11) is 0. The van der Waals surface area contributed by atoms with Crippen LogP contribution in [0.4, 0.5) is 0 Å². The smallest absolute Gasteiger partial charge is 0.241 e. The molecule has 1 aliphatic rings. The summed E-state index contributed by atoms with van der Waals surface area (Å²) in [5, 5.41) is 8.92. The summed E-state index contributed by atoms with van der Waals surface area (Å²) in [5.41, 5.74) is 7.40. The highest BCUT2D eigenvalue weighted by molar-refractivity contribution is 5.98. The molecular formula is C16H22N2O3. The average molecular weight is 290 g/mol. The van der Waals surface area contributed by atoms with E-state index in [2.05, 4.69) is 0 Å². The number of hydrogen-bond acceptors (Lipinski definition) is 4. The predicted octanol–water partition coefficient (Wildman–Crippen LogP) is 0.736. The number of aryl methyl sites for hydroxylation is 1. The van der Waals surface area contributed by atoms with E-state index in [1.165, 1.54) is 0 Å². The number of hydrogen-bond donors (Lipinski definition) is 2. The fourth-order valence-corrected chi connectivity index (χ4v) is 2.63. The van der Waals surface area contributed by atoms with Gasteiger partial charge in [0.25, 0.3) is 0 Å². The van der Waals surface area contributed by atoms with E-state index in [0.717, 1.165) is 11.1 Å². The van der Waals surface area contributed by atoms with E-state index in [0.29, 0.717) is 25.9 Å². The van der Waals surface area contributed by atoms with Crippen molar-refractivity contribution in [2.24, 2.45) is 11.7 Å². The number of carbonyl (C=O) groups is 2. The van der Waals surface area contributed by atoms with Gasteiger partial charge in [-0.3, -0.25) is 9.59 Å². The van der Waals surface area contributed by atoms with E-state index >= 15 is 0 Å². The molecule has 1 fully saturated rings. The van der Waals surface area contributed by atoms with Crippen LogP contribution in [0.5, 0.6) is 0 Å². The lowest BCUT2D eigenvalue weighted by Gasteiger charge is -2.32. The van der Waals surface area contributed by atoms with Gasteiger partial charge in [-0.15, -0.1) is 0 Å². The second-order valence-corrected chi connectivity index (χ2v) is 5.62. The van der Waals surface area contributed by atoms with Crippen LogP contribution in [-0.4, -0.2) is 47.4 Å². The number of likely N-dealkylation sites (tertiary alicyclic amines) is 1. The van der Waals surface area contributed by atoms with Crippen molar-refractivity contribution < 1.29 is 14.7 Å². The minimum atomic E-state index is -0.852. The van der Waals surface area contributed by atoms with E-state index < -0.39 is 6.04 Å². The largest absolute Gasteiger partial charge is 0.394 e. The Balaban J connectivity index is 1.93. The molecule has 0 aliphatic carbocycles. The number of rotatable bonds is 4. The van der Waals surface area contributed by atoms with E-state index in [1.54, 1.807) is 4.90 Å². The van der Waals surface area contributed by atoms with Gasteiger partial charge in [0.05, 0.1) is 6.61 Å². The Hall–Kier alpha value is -1.72. The Morgan fingerprint density at radius 3 is 2.38 bits per heavy atom. The van der Waals surface area contributed by atoms with Gasteiger partial charge in [-0.25, -0.2) is 0 Å². The van der Waals surface area contributed by atoms with E-state index in [-0.39, 0.29) is 24.2 Å². The molecule has 0 saturated carbocycles. The van der Waals surface area contributed by atoms with Crippen molar-refractivity contribution >= 4 is 11.7 Å². The highest BCUT2D eigenvalue weighted by Crippen LogP contribution is 2.22. The molecule has 3 N–H and O–H groups in total. The Morgan fingerprint density at radius 1 is 1.29 bits per heavy atom. The third-order valence-electron chi connectivity index (χ3n) is 4.03. The van der Waals surface area contributed by atoms with Crippen molar-refractivity contribution in [1.82, 2.24) is 4.90 Å². The van der Waals surface area contributed by atoms with Crippen LogP contribution in [0.1, 0.15) is 28.8 Å². The zero-order chi connectivity index (χ0) is 15.4. The van der Waals surface area contributed by atoms with Crippen LogP contribution in [0.25, 0.3) is 0 Å². The molecule has 1 heterocycles. The molecule has 0 bridgehead atoms. The van der Waals surface area contributed by atoms with Gasteiger partial charge < -0.3 is 15.7 Å². The van der Waals surface area contributed by atoms with E-state index in [9.17, 15) is 9.59 Å². The van der Waals surface area contributed by atoms with Gasteiger partial charge >= 0.3 is 0 Å². The molecule has 0 radical (unpaired) electrons. The molecule has 0 unspecified atom stereocenters. The molecule has 1 amide bonds. The molecule has 1 saturated heterocycles. The number of Topliss-reactive ketones (excluding diaryl/α,β-unsaturated/α-hetero) is 1. The fourth-order valence-electron chi connectivity index (χ4n) is 2.63. The monoisotopic (exact) mass is 290 g/mol. The number of carbonyl (C=O) groups excluding carboxylic acids is 2. The van der Waals surface area contributed by atoms with Crippen LogP contribution in [0.3, 0.4) is 0 Å². The van der Waals surface area contributed by atoms with Crippen molar-refractivity contribution in [1.29, 1.82) is 0 Å². The molecule has 1 aromatic rings. The van der Waals surface area contributed by atoms with Crippen LogP contribution < -0.4 is 5.73 Å². The lowest BCUT2D eigenvalue weighted by Crippen LogP contribution is -2.49. The van der Waals surface area contributed by atoms with Gasteiger partial charge in [-0.2, -0.15) is 0 Å². The number of benzene rings is 1. The fraction of sp³-hybridized carbons (Fsp3) is 0.500. The number of nitrogens with two attached hydrogens (primary N) is 1. The van der Waals surface area contributed by atoms with Gasteiger partial charge in [0.2, 0.25) is 5.91 Å². The maximum atomic E-state index is 12.4. The molecule has 1 aromatic carbocycles. The molecular weight excluding hydrogens is 268 g/mol. The normalized spacial score (nSPS) is 17.6. The Bertz CT molecular complexity index is 505. The van der Waals surface area contributed by atoms with Gasteiger partial charge in [-0.05, 0) is 19.8 Å². The maximum Gasteiger partial charge on any atom is 0.241 e. The van der Waals surface area contributed by atoms with Gasteiger partial charge in [0.15, 0.2) is 5.78 Å². The first kappa shape index (κ1) is 15.7. The number of aliphatic hydroxyl groups excluding tert-OH is 1. The predicted molar refractivity (Wildman–Crippen MR) is 79.9 cm³/mol. The van der Waals surface area contributed by atoms with Crippen LogP contribution in [0, 0.1) is 12.8 Å². The van der Waals surface area contributed by atoms with Crippen molar-refractivity contribution in [2.45, 2.75) is 25.8 Å². The van der Waals surface area contributed by atoms with E-state index in [1.807, 2.05) is 31.2 Å². The first-order chi connectivity index (χ1) is 10.0. The topological polar surface area (TPSA) is 83.6 Å². The third kappa shape index (κ3) is 3.68. The average Bonchev–Trinajstić information content (AvgIpc) is 2.53. The number of amides is 1. The quantitative estimate of drug-likeness (QED) is 0.801. The van der Waals surface area contributed by atoms with Gasteiger partial charge in [0.1, 0.15) is 6.04 Å². The molecule has 114 valence electrons. The summed E-state index contributed by atoms with van der Waals surface area (Å²) in [5.74, 6) is -0.130. The second-order valence-electron chi connectivity index (χ2n) is 5.62. The molecule has 1 aliphatic heterocycles. The van der Waals surface area contributed by atoms with Crippen molar-refractivity contribution in [2.75, 3.05) is 19.7 Å². The van der Waals surface area contributed by atoms with Crippen LogP contribution >= 0.6 is 0 Å². The first-order valence-electron chi connectivity index (χ1n) is 7.29. The van der Waals surface area contributed by atoms with Gasteiger partial charge in [-0.1, -0.05) is 29.8 Å². The van der Waals surface area contributed by atoms with Crippen LogP contribution in [-0.2, 0) is 4.79 Å². The SMILES string of the molecule is Cc1ccc(C(=O)C2CCN(C(=O)[C@H](N)CO)CC2)cc1. The second kappa shape index (κ2) is 6.83. The maximum absolute atomic E-state index is 12.4. The number of piperidine rings is 1. The summed E-state index contributed by atoms with van der Waals surface area (Å²) >= 11 is 0. The first-order valence-corrected chi connectivity index (χ1v) is 7.29. The van der Waals surface area contributed by atoms with Crippen molar-refractivity contribution in [3.63, 3.8) is 0 Å². The summed E-state index contributed by atoms with van der Waals surface area (Å²) in [4.78, 5) is 25.9. The van der Waals surface area contributed by atoms with Gasteiger partial charge in [0, 0.05) is 24.6 Å². The number of ketones is 1. The van der Waals surface area contributed by atoms with Crippen molar-refractivity contribution in [3.8, 4) is 0 Å². The highest BCUT2D eigenvalue weighted by atomic mass is 16.3. The summed E-state index contributed by atoms with van der Waals surface area (Å²) in [6.07, 6.45) is 1.30. The van der Waals surface area contributed by atoms with Crippen LogP contribution in [0.2, 0.25) is 0 Å². The van der Waals surface area contributed by atoms with E-state index in [4.69, 9.17) is 10.8 Å². The molecule has 5 heteroatoms. The summed E-state index contributed by atoms with van der Waals surface area (Å²) in [6, 6.07) is 6.74. The zero-order valence-electron chi connectivity index (χ0n) is 12.3.